The lowest BCUT2D eigenvalue weighted by molar-refractivity contribution is -0.0219. The lowest BCUT2D eigenvalue weighted by Gasteiger charge is -2.30. The number of rotatable bonds is 7. The number of amides is 2. The minimum atomic E-state index is -2.12. The summed E-state index contributed by atoms with van der Waals surface area (Å²) in [5.74, 6) is 0. The van der Waals surface area contributed by atoms with Crippen LogP contribution in [0, 0.1) is 0 Å². The number of nitrogens with zero attached hydrogens (tertiary/aromatic N) is 2. The van der Waals surface area contributed by atoms with Crippen LogP contribution in [-0.2, 0) is 14.2 Å². The average Bonchev–Trinajstić information content (AvgIpc) is 3.21. The zero-order valence-corrected chi connectivity index (χ0v) is 23.8. The summed E-state index contributed by atoms with van der Waals surface area (Å²) in [5, 5.41) is -1.10. The predicted molar refractivity (Wildman–Crippen MR) is 159 cm³/mol. The first kappa shape index (κ1) is 28.3. The molecule has 4 atom stereocenters. The fourth-order valence-electron chi connectivity index (χ4n) is 4.58. The third-order valence-electron chi connectivity index (χ3n) is 6.65. The summed E-state index contributed by atoms with van der Waals surface area (Å²) in [5.41, 5.74) is 0.151. The third-order valence-corrected chi connectivity index (χ3v) is 7.76. The van der Waals surface area contributed by atoms with Crippen LogP contribution >= 0.6 is 15.9 Å². The molecule has 2 amide bonds. The second-order valence-electron chi connectivity index (χ2n) is 9.54. The first-order valence-electron chi connectivity index (χ1n) is 13.0. The third kappa shape index (κ3) is 6.26. The molecule has 9 heteroatoms. The minimum Gasteiger partial charge on any atom is -0.446 e. The van der Waals surface area contributed by atoms with Crippen molar-refractivity contribution in [2.24, 2.45) is 0 Å². The van der Waals surface area contributed by atoms with Crippen molar-refractivity contribution in [2.45, 2.75) is 29.8 Å². The average molecular weight is 619 g/mol. The van der Waals surface area contributed by atoms with Crippen molar-refractivity contribution < 1.29 is 28.2 Å². The Labute approximate surface area is 246 Å². The number of benzene rings is 4. The highest BCUT2D eigenvalue weighted by Crippen LogP contribution is 2.41. The Kier molecular flexibility index (Phi) is 8.66. The lowest BCUT2D eigenvalue weighted by atomic mass is 10.0. The standard InChI is InChI=1S/C32H28BrFN2O5/c1-32(34)28(41-31(38)36(25-18-10-4-11-19-25)26-20-12-5-13-21-26)27(40-29(32)33)22-39-30(37)35(23-14-6-2-7-15-23)24-16-8-3-9-17-24/h2-21,27-29H,22H2,1H3/t27-,28-,29+,32-/m1/s1. The van der Waals surface area contributed by atoms with Crippen molar-refractivity contribution in [1.29, 1.82) is 0 Å². The summed E-state index contributed by atoms with van der Waals surface area (Å²) in [6.45, 7) is 0.924. The zero-order valence-electron chi connectivity index (χ0n) is 22.2. The highest BCUT2D eigenvalue weighted by Gasteiger charge is 2.57. The Balaban J connectivity index is 1.37. The molecule has 41 heavy (non-hydrogen) atoms. The maximum absolute atomic E-state index is 15.9. The van der Waals surface area contributed by atoms with E-state index in [2.05, 4.69) is 15.9 Å². The molecule has 4 aromatic carbocycles. The molecule has 0 N–H and O–H groups in total. The number of alkyl halides is 2. The molecule has 1 heterocycles. The van der Waals surface area contributed by atoms with Crippen molar-refractivity contribution >= 4 is 50.9 Å². The van der Waals surface area contributed by atoms with Gasteiger partial charge in [0, 0.05) is 0 Å². The van der Waals surface area contributed by atoms with Gasteiger partial charge in [-0.25, -0.2) is 23.8 Å². The molecule has 0 aromatic heterocycles. The largest absolute Gasteiger partial charge is 0.446 e. The summed E-state index contributed by atoms with van der Waals surface area (Å²) in [4.78, 5) is 29.7. The van der Waals surface area contributed by atoms with E-state index in [0.29, 0.717) is 22.7 Å². The molecule has 0 bridgehead atoms. The van der Waals surface area contributed by atoms with Gasteiger partial charge in [-0.2, -0.15) is 0 Å². The summed E-state index contributed by atoms with van der Waals surface area (Å²) < 4.78 is 33.2. The monoisotopic (exact) mass is 618 g/mol. The van der Waals surface area contributed by atoms with E-state index < -0.39 is 35.1 Å². The number of carbonyl (C=O) groups is 2. The molecular formula is C32H28BrFN2O5. The van der Waals surface area contributed by atoms with E-state index in [-0.39, 0.29) is 6.61 Å². The molecule has 1 saturated heterocycles. The number of anilines is 4. The maximum Gasteiger partial charge on any atom is 0.419 e. The second kappa shape index (κ2) is 12.5. The number of para-hydroxylation sites is 4. The van der Waals surface area contributed by atoms with Gasteiger partial charge in [-0.15, -0.1) is 0 Å². The first-order valence-corrected chi connectivity index (χ1v) is 13.9. The van der Waals surface area contributed by atoms with Crippen LogP contribution in [0.5, 0.6) is 0 Å². The molecule has 0 spiro atoms. The Morgan fingerprint density at radius 2 is 1.10 bits per heavy atom. The number of carbonyl (C=O) groups excluding carboxylic acids is 2. The van der Waals surface area contributed by atoms with Crippen LogP contribution < -0.4 is 9.80 Å². The summed E-state index contributed by atoms with van der Waals surface area (Å²) in [7, 11) is 0. The summed E-state index contributed by atoms with van der Waals surface area (Å²) in [6, 6.07) is 35.9. The van der Waals surface area contributed by atoms with Gasteiger partial charge in [0.2, 0.25) is 0 Å². The van der Waals surface area contributed by atoms with Crippen molar-refractivity contribution in [2.75, 3.05) is 16.4 Å². The molecule has 5 rings (SSSR count). The van der Waals surface area contributed by atoms with Crippen LogP contribution in [0.1, 0.15) is 6.92 Å². The summed E-state index contributed by atoms with van der Waals surface area (Å²) in [6.07, 6.45) is -3.95. The Bertz CT molecular complexity index is 1370. The molecule has 0 unspecified atom stereocenters. The van der Waals surface area contributed by atoms with E-state index in [1.807, 2.05) is 48.5 Å². The molecule has 0 saturated carbocycles. The molecule has 7 nitrogen and oxygen atoms in total. The van der Waals surface area contributed by atoms with Crippen LogP contribution in [0.3, 0.4) is 0 Å². The van der Waals surface area contributed by atoms with Crippen LogP contribution in [-0.4, -0.2) is 41.7 Å². The highest BCUT2D eigenvalue weighted by atomic mass is 79.9. The fraction of sp³-hybridized carbons (Fsp3) is 0.188. The quantitative estimate of drug-likeness (QED) is 0.195. The Morgan fingerprint density at radius 3 is 1.49 bits per heavy atom. The van der Waals surface area contributed by atoms with Gasteiger partial charge in [0.05, 0.1) is 22.7 Å². The van der Waals surface area contributed by atoms with E-state index in [0.717, 1.165) is 0 Å². The number of halogens is 2. The topological polar surface area (TPSA) is 68.3 Å². The van der Waals surface area contributed by atoms with Crippen LogP contribution in [0.25, 0.3) is 0 Å². The van der Waals surface area contributed by atoms with Crippen LogP contribution in [0.15, 0.2) is 121 Å². The van der Waals surface area contributed by atoms with Crippen LogP contribution in [0.4, 0.5) is 36.7 Å². The molecule has 4 aromatic rings. The molecule has 210 valence electrons. The normalized spacial score (nSPS) is 21.6. The van der Waals surface area contributed by atoms with Gasteiger partial charge in [0.1, 0.15) is 12.7 Å². The van der Waals surface area contributed by atoms with Gasteiger partial charge in [0.25, 0.3) is 0 Å². The van der Waals surface area contributed by atoms with Gasteiger partial charge in [-0.05, 0) is 55.5 Å². The maximum atomic E-state index is 15.9. The SMILES string of the molecule is C[C@@]1(F)[C@H](OC(=O)N(c2ccccc2)c2ccccc2)[C@@H](COC(=O)N(c2ccccc2)c2ccccc2)O[C@@H]1Br. The smallest absolute Gasteiger partial charge is 0.419 e. The fourth-order valence-corrected chi connectivity index (χ4v) is 5.11. The van der Waals surface area contributed by atoms with E-state index in [4.69, 9.17) is 14.2 Å². The second-order valence-corrected chi connectivity index (χ2v) is 10.4. The first-order chi connectivity index (χ1) is 19.9. The zero-order chi connectivity index (χ0) is 28.8. The van der Waals surface area contributed by atoms with Crippen molar-refractivity contribution in [3.05, 3.63) is 121 Å². The number of hydrogen-bond donors (Lipinski definition) is 0. The van der Waals surface area contributed by atoms with E-state index in [1.54, 1.807) is 72.8 Å². The van der Waals surface area contributed by atoms with Gasteiger partial charge in [0.15, 0.2) is 16.8 Å². The van der Waals surface area contributed by atoms with Gasteiger partial charge in [-0.3, -0.25) is 0 Å². The molecule has 1 aliphatic heterocycles. The summed E-state index contributed by atoms with van der Waals surface area (Å²) >= 11 is 3.21. The Morgan fingerprint density at radius 1 is 0.732 bits per heavy atom. The molecule has 1 aliphatic rings. The van der Waals surface area contributed by atoms with Crippen LogP contribution in [0.2, 0.25) is 0 Å². The van der Waals surface area contributed by atoms with Gasteiger partial charge >= 0.3 is 12.2 Å². The lowest BCUT2D eigenvalue weighted by Crippen LogP contribution is -2.46. The molecular weight excluding hydrogens is 591 g/mol. The van der Waals surface area contributed by atoms with E-state index in [9.17, 15) is 9.59 Å². The van der Waals surface area contributed by atoms with Gasteiger partial charge < -0.3 is 14.2 Å². The Hall–Kier alpha value is -4.21. The molecule has 0 radical (unpaired) electrons. The van der Waals surface area contributed by atoms with E-state index >= 15 is 4.39 Å². The van der Waals surface area contributed by atoms with E-state index in [1.165, 1.54) is 16.7 Å². The molecule has 1 fully saturated rings. The predicted octanol–water partition coefficient (Wildman–Crippen LogP) is 8.15. The van der Waals surface area contributed by atoms with Crippen molar-refractivity contribution in [3.8, 4) is 0 Å². The highest BCUT2D eigenvalue weighted by molar-refractivity contribution is 9.09. The minimum absolute atomic E-state index is 0.356. The van der Waals surface area contributed by atoms with Crippen molar-refractivity contribution in [1.82, 2.24) is 0 Å². The molecule has 0 aliphatic carbocycles. The number of ether oxygens (including phenoxy) is 3. The number of hydrogen-bond acceptors (Lipinski definition) is 5. The van der Waals surface area contributed by atoms with Crippen molar-refractivity contribution in [3.63, 3.8) is 0 Å². The van der Waals surface area contributed by atoms with Gasteiger partial charge in [-0.1, -0.05) is 88.7 Å².